The molecule has 0 radical (unpaired) electrons. The first-order chi connectivity index (χ1) is 11.9. The van der Waals surface area contributed by atoms with Crippen molar-refractivity contribution in [1.82, 2.24) is 0 Å². The van der Waals surface area contributed by atoms with Crippen molar-refractivity contribution in [3.8, 4) is 0 Å². The molecule has 7 unspecified atom stereocenters. The molecule has 0 bridgehead atoms. The molecule has 4 aliphatic carbocycles. The van der Waals surface area contributed by atoms with Crippen LogP contribution in [-0.4, -0.2) is 5.11 Å². The van der Waals surface area contributed by atoms with E-state index in [2.05, 4.69) is 20.4 Å². The molecule has 1 nitrogen and oxygen atoms in total. The Morgan fingerprint density at radius 1 is 0.920 bits per heavy atom. The fourth-order valence-corrected chi connectivity index (χ4v) is 8.43. The first-order valence-electron chi connectivity index (χ1n) is 11.3. The quantitative estimate of drug-likeness (QED) is 0.531. The van der Waals surface area contributed by atoms with Crippen molar-refractivity contribution in [2.24, 2.45) is 40.4 Å². The Kier molecular flexibility index (Phi) is 4.74. The van der Waals surface area contributed by atoms with E-state index in [-0.39, 0.29) is 0 Å². The minimum absolute atomic E-state index is 0.381. The molecule has 0 saturated heterocycles. The smallest absolute Gasteiger partial charge is 0.0851 e. The molecule has 4 aliphatic rings. The van der Waals surface area contributed by atoms with Crippen LogP contribution in [-0.2, 0) is 0 Å². The molecule has 0 aromatic carbocycles. The molecule has 1 N–H and O–H groups in total. The molecule has 4 fully saturated rings. The van der Waals surface area contributed by atoms with E-state index in [0.717, 1.165) is 42.4 Å². The van der Waals surface area contributed by atoms with Gasteiger partial charge in [0.2, 0.25) is 0 Å². The Morgan fingerprint density at radius 3 is 2.52 bits per heavy atom. The predicted octanol–water partition coefficient (Wildman–Crippen LogP) is 7.28. The maximum absolute atomic E-state index is 9.42. The Balaban J connectivity index is 1.48. The van der Waals surface area contributed by atoms with Gasteiger partial charge in [-0.15, -0.1) is 0 Å². The molecule has 1 heteroatoms. The van der Waals surface area contributed by atoms with Gasteiger partial charge < -0.3 is 5.11 Å². The Hall–Kier alpha value is -0.460. The molecule has 4 rings (SSSR count). The lowest BCUT2D eigenvalue weighted by Crippen LogP contribution is -2.52. The number of rotatable bonds is 4. The van der Waals surface area contributed by atoms with Crippen LogP contribution < -0.4 is 0 Å². The van der Waals surface area contributed by atoms with Crippen LogP contribution in [0.4, 0.5) is 0 Å². The molecule has 142 valence electrons. The largest absolute Gasteiger partial charge is 0.513 e. The van der Waals surface area contributed by atoms with Crippen LogP contribution in [0.5, 0.6) is 0 Å². The van der Waals surface area contributed by atoms with Crippen molar-refractivity contribution >= 4 is 0 Å². The number of hydrogen-bond acceptors (Lipinski definition) is 1. The fourth-order valence-electron chi connectivity index (χ4n) is 8.43. The van der Waals surface area contributed by atoms with Gasteiger partial charge >= 0.3 is 0 Å². The van der Waals surface area contributed by atoms with E-state index in [0.29, 0.717) is 16.6 Å². The molecule has 0 amide bonds. The van der Waals surface area contributed by atoms with Gasteiger partial charge in [0.15, 0.2) is 0 Å². The molecule has 4 saturated carbocycles. The summed E-state index contributed by atoms with van der Waals surface area (Å²) in [7, 11) is 0. The summed E-state index contributed by atoms with van der Waals surface area (Å²) in [5.41, 5.74) is 1.27. The summed E-state index contributed by atoms with van der Waals surface area (Å²) in [5.74, 6) is 5.37. The molecular weight excluding hydrogens is 304 g/mol. The SMILES string of the molecule is C=C(O)CCCC1CCC2C3CCC4CCCCC4(C)C3CCC12C. The lowest BCUT2D eigenvalue weighted by atomic mass is 9.45. The third-order valence-electron chi connectivity index (χ3n) is 9.80. The molecule has 0 spiro atoms. The second-order valence-corrected chi connectivity index (χ2v) is 10.7. The standard InChI is InChI=1S/C24H40O/c1-17(25)7-6-9-19-11-13-21-20-12-10-18-8-4-5-15-23(18,2)22(20)14-16-24(19,21)3/h18-22,25H,1,4-16H2,2-3H3. The fraction of sp³-hybridized carbons (Fsp3) is 0.917. The van der Waals surface area contributed by atoms with Gasteiger partial charge in [0, 0.05) is 6.42 Å². The number of allylic oxidation sites excluding steroid dienone is 1. The van der Waals surface area contributed by atoms with E-state index in [1.54, 1.807) is 0 Å². The summed E-state index contributed by atoms with van der Waals surface area (Å²) in [6.45, 7) is 9.01. The summed E-state index contributed by atoms with van der Waals surface area (Å²) in [4.78, 5) is 0. The average molecular weight is 345 g/mol. The van der Waals surface area contributed by atoms with Crippen molar-refractivity contribution < 1.29 is 5.11 Å². The van der Waals surface area contributed by atoms with Crippen molar-refractivity contribution in [3.63, 3.8) is 0 Å². The first kappa shape index (κ1) is 17.9. The van der Waals surface area contributed by atoms with Gasteiger partial charge in [-0.2, -0.15) is 0 Å². The monoisotopic (exact) mass is 344 g/mol. The predicted molar refractivity (Wildman–Crippen MR) is 105 cm³/mol. The number of hydrogen-bond donors (Lipinski definition) is 1. The minimum Gasteiger partial charge on any atom is -0.513 e. The van der Waals surface area contributed by atoms with Gasteiger partial charge in [0.25, 0.3) is 0 Å². The molecule has 0 heterocycles. The zero-order valence-electron chi connectivity index (χ0n) is 16.7. The van der Waals surface area contributed by atoms with E-state index < -0.39 is 0 Å². The van der Waals surface area contributed by atoms with Crippen molar-refractivity contribution in [2.45, 2.75) is 97.3 Å². The third-order valence-corrected chi connectivity index (χ3v) is 9.80. The second kappa shape index (κ2) is 6.61. The van der Waals surface area contributed by atoms with Gasteiger partial charge in [-0.1, -0.05) is 33.3 Å². The average Bonchev–Trinajstić information content (AvgIpc) is 2.91. The van der Waals surface area contributed by atoms with E-state index in [1.807, 2.05) is 0 Å². The van der Waals surface area contributed by atoms with Gasteiger partial charge in [-0.05, 0) is 105 Å². The highest BCUT2D eigenvalue weighted by atomic mass is 16.3. The highest BCUT2D eigenvalue weighted by Gasteiger charge is 2.59. The van der Waals surface area contributed by atoms with E-state index in [9.17, 15) is 5.11 Å². The molecule has 7 atom stereocenters. The van der Waals surface area contributed by atoms with Crippen LogP contribution in [0, 0.1) is 40.4 Å². The molecule has 25 heavy (non-hydrogen) atoms. The Morgan fingerprint density at radius 2 is 1.72 bits per heavy atom. The topological polar surface area (TPSA) is 20.2 Å². The van der Waals surface area contributed by atoms with Gasteiger partial charge in [0.05, 0.1) is 5.76 Å². The number of aliphatic hydroxyl groups excluding tert-OH is 1. The lowest BCUT2D eigenvalue weighted by molar-refractivity contribution is -0.111. The van der Waals surface area contributed by atoms with Crippen molar-refractivity contribution in [2.75, 3.05) is 0 Å². The summed E-state index contributed by atoms with van der Waals surface area (Å²) in [6.07, 6.45) is 18.3. The van der Waals surface area contributed by atoms with Crippen molar-refractivity contribution in [1.29, 1.82) is 0 Å². The van der Waals surface area contributed by atoms with E-state index >= 15 is 0 Å². The summed E-state index contributed by atoms with van der Waals surface area (Å²) in [6, 6.07) is 0. The van der Waals surface area contributed by atoms with Crippen LogP contribution in [0.15, 0.2) is 12.3 Å². The zero-order chi connectivity index (χ0) is 17.7. The first-order valence-corrected chi connectivity index (χ1v) is 11.3. The molecule has 0 aromatic heterocycles. The lowest BCUT2D eigenvalue weighted by Gasteiger charge is -2.60. The Labute approximate surface area is 155 Å². The Bertz CT molecular complexity index is 510. The molecule has 0 aromatic rings. The van der Waals surface area contributed by atoms with Crippen LogP contribution >= 0.6 is 0 Å². The second-order valence-electron chi connectivity index (χ2n) is 10.7. The van der Waals surface area contributed by atoms with Gasteiger partial charge in [-0.25, -0.2) is 0 Å². The number of fused-ring (bicyclic) bond motifs is 5. The maximum atomic E-state index is 9.42. The van der Waals surface area contributed by atoms with Crippen molar-refractivity contribution in [3.05, 3.63) is 12.3 Å². The molecule has 0 aliphatic heterocycles. The van der Waals surface area contributed by atoms with Crippen LogP contribution in [0.25, 0.3) is 0 Å². The zero-order valence-corrected chi connectivity index (χ0v) is 16.7. The summed E-state index contributed by atoms with van der Waals surface area (Å²) < 4.78 is 0. The maximum Gasteiger partial charge on any atom is 0.0851 e. The normalized spacial score (nSPS) is 49.1. The highest BCUT2D eigenvalue weighted by molar-refractivity contribution is 5.08. The van der Waals surface area contributed by atoms with Crippen LogP contribution in [0.2, 0.25) is 0 Å². The van der Waals surface area contributed by atoms with Crippen LogP contribution in [0.1, 0.15) is 97.3 Å². The minimum atomic E-state index is 0.381. The summed E-state index contributed by atoms with van der Waals surface area (Å²) >= 11 is 0. The van der Waals surface area contributed by atoms with E-state index in [4.69, 9.17) is 0 Å². The van der Waals surface area contributed by atoms with Crippen LogP contribution in [0.3, 0.4) is 0 Å². The van der Waals surface area contributed by atoms with Gasteiger partial charge in [-0.3, -0.25) is 0 Å². The van der Waals surface area contributed by atoms with E-state index in [1.165, 1.54) is 70.6 Å². The molecular formula is C24H40O. The third kappa shape index (κ3) is 2.88. The highest BCUT2D eigenvalue weighted by Crippen LogP contribution is 2.67. The summed E-state index contributed by atoms with van der Waals surface area (Å²) in [5, 5.41) is 9.42. The number of aliphatic hydroxyl groups is 1. The van der Waals surface area contributed by atoms with Gasteiger partial charge in [0.1, 0.15) is 0 Å².